The summed E-state index contributed by atoms with van der Waals surface area (Å²) in [5.41, 5.74) is 0. The van der Waals surface area contributed by atoms with Crippen LogP contribution in [0, 0.1) is 0 Å². The van der Waals surface area contributed by atoms with Crippen LogP contribution in [0.25, 0.3) is 0 Å². The van der Waals surface area contributed by atoms with Crippen LogP contribution in [0.5, 0.6) is 0 Å². The van der Waals surface area contributed by atoms with Gasteiger partial charge in [0.1, 0.15) is 12.3 Å². The molecule has 5 heteroatoms. The number of rotatable bonds is 2. The molecule has 13 heavy (non-hydrogen) atoms. The van der Waals surface area contributed by atoms with E-state index in [-0.39, 0.29) is 12.8 Å². The summed E-state index contributed by atoms with van der Waals surface area (Å²) in [6.45, 7) is -0.146. The lowest BCUT2D eigenvalue weighted by molar-refractivity contribution is -0.0443. The lowest BCUT2D eigenvalue weighted by Crippen LogP contribution is -2.24. The minimum Gasteiger partial charge on any atom is -0.394 e. The number of hydrogen-bond donors (Lipinski definition) is 2. The van der Waals surface area contributed by atoms with Gasteiger partial charge in [0.2, 0.25) is 0 Å². The predicted molar refractivity (Wildman–Crippen MR) is 43.8 cm³/mol. The molecule has 1 aromatic heterocycles. The Balaban J connectivity index is 2.05. The second-order valence-corrected chi connectivity index (χ2v) is 3.12. The second-order valence-electron chi connectivity index (χ2n) is 3.12. The average Bonchev–Trinajstić information content (AvgIpc) is 2.71. The van der Waals surface area contributed by atoms with E-state index in [0.29, 0.717) is 6.42 Å². The van der Waals surface area contributed by atoms with Crippen LogP contribution in [0.4, 0.5) is 0 Å². The summed E-state index contributed by atoms with van der Waals surface area (Å²) in [7, 11) is 0. The van der Waals surface area contributed by atoms with Crippen LogP contribution in [0.15, 0.2) is 18.7 Å². The Morgan fingerprint density at radius 1 is 1.62 bits per heavy atom. The predicted octanol–water partition coefficient (Wildman–Crippen LogP) is -0.476. The van der Waals surface area contributed by atoms with Gasteiger partial charge >= 0.3 is 0 Å². The molecule has 0 bridgehead atoms. The van der Waals surface area contributed by atoms with Gasteiger partial charge in [0.15, 0.2) is 0 Å². The van der Waals surface area contributed by atoms with Crippen molar-refractivity contribution < 1.29 is 14.9 Å². The molecule has 2 rings (SSSR count). The van der Waals surface area contributed by atoms with Gasteiger partial charge in [-0.2, -0.15) is 0 Å². The van der Waals surface area contributed by atoms with Crippen molar-refractivity contribution in [2.75, 3.05) is 6.61 Å². The SMILES string of the molecule is OC[C@H]1O[C@@H](n2ccnc2)C[C@@H]1O. The second kappa shape index (κ2) is 3.45. The number of ether oxygens (including phenoxy) is 1. The lowest BCUT2D eigenvalue weighted by atomic mass is 10.2. The number of aromatic nitrogens is 2. The molecule has 2 N–H and O–H groups in total. The molecule has 0 amide bonds. The van der Waals surface area contributed by atoms with Gasteiger partial charge in [-0.1, -0.05) is 0 Å². The van der Waals surface area contributed by atoms with Gasteiger partial charge in [0.25, 0.3) is 0 Å². The summed E-state index contributed by atoms with van der Waals surface area (Å²) in [6, 6.07) is 0. The highest BCUT2D eigenvalue weighted by atomic mass is 16.5. The molecule has 5 nitrogen and oxygen atoms in total. The highest BCUT2D eigenvalue weighted by Crippen LogP contribution is 2.27. The summed E-state index contributed by atoms with van der Waals surface area (Å²) in [5.74, 6) is 0. The summed E-state index contributed by atoms with van der Waals surface area (Å²) >= 11 is 0. The fraction of sp³-hybridized carbons (Fsp3) is 0.625. The van der Waals surface area contributed by atoms with E-state index in [0.717, 1.165) is 0 Å². The number of nitrogens with zero attached hydrogens (tertiary/aromatic N) is 2. The Kier molecular flexibility index (Phi) is 2.30. The Morgan fingerprint density at radius 2 is 2.46 bits per heavy atom. The van der Waals surface area contributed by atoms with Crippen LogP contribution < -0.4 is 0 Å². The molecule has 0 aliphatic carbocycles. The van der Waals surface area contributed by atoms with Crippen LogP contribution >= 0.6 is 0 Å². The molecule has 1 aromatic rings. The highest BCUT2D eigenvalue weighted by molar-refractivity contribution is 4.84. The molecular weight excluding hydrogens is 172 g/mol. The van der Waals surface area contributed by atoms with Crippen molar-refractivity contribution in [2.45, 2.75) is 24.9 Å². The molecular formula is C8H12N2O3. The molecule has 1 saturated heterocycles. The van der Waals surface area contributed by atoms with Crippen molar-refractivity contribution in [2.24, 2.45) is 0 Å². The van der Waals surface area contributed by atoms with Gasteiger partial charge in [-0.05, 0) is 0 Å². The maximum atomic E-state index is 9.44. The van der Waals surface area contributed by atoms with Crippen molar-refractivity contribution in [3.63, 3.8) is 0 Å². The monoisotopic (exact) mass is 184 g/mol. The maximum Gasteiger partial charge on any atom is 0.137 e. The largest absolute Gasteiger partial charge is 0.394 e. The zero-order valence-electron chi connectivity index (χ0n) is 7.08. The Morgan fingerprint density at radius 3 is 3.00 bits per heavy atom. The van der Waals surface area contributed by atoms with Crippen molar-refractivity contribution in [1.82, 2.24) is 9.55 Å². The summed E-state index contributed by atoms with van der Waals surface area (Å²) in [6.07, 6.45) is 4.32. The number of hydrogen-bond acceptors (Lipinski definition) is 4. The van der Waals surface area contributed by atoms with Gasteiger partial charge in [0, 0.05) is 18.8 Å². The van der Waals surface area contributed by atoms with Gasteiger partial charge < -0.3 is 19.5 Å². The quantitative estimate of drug-likeness (QED) is 0.651. The first kappa shape index (κ1) is 8.68. The van der Waals surface area contributed by atoms with Crippen LogP contribution in [0.2, 0.25) is 0 Å². The number of aliphatic hydroxyl groups is 2. The van der Waals surface area contributed by atoms with E-state index in [1.54, 1.807) is 23.3 Å². The topological polar surface area (TPSA) is 67.5 Å². The fourth-order valence-corrected chi connectivity index (χ4v) is 1.50. The van der Waals surface area contributed by atoms with Crippen LogP contribution in [-0.4, -0.2) is 38.6 Å². The molecule has 1 aliphatic rings. The molecule has 0 aromatic carbocycles. The van der Waals surface area contributed by atoms with Crippen molar-refractivity contribution in [3.8, 4) is 0 Å². The highest BCUT2D eigenvalue weighted by Gasteiger charge is 2.33. The maximum absolute atomic E-state index is 9.44. The van der Waals surface area contributed by atoms with Gasteiger partial charge in [-0.25, -0.2) is 4.98 Å². The molecule has 3 atom stereocenters. The normalized spacial score (nSPS) is 33.8. The van der Waals surface area contributed by atoms with E-state index in [2.05, 4.69) is 4.98 Å². The van der Waals surface area contributed by atoms with Crippen molar-refractivity contribution in [1.29, 1.82) is 0 Å². The third-order valence-electron chi connectivity index (χ3n) is 2.24. The van der Waals surface area contributed by atoms with E-state index < -0.39 is 12.2 Å². The Bertz CT molecular complexity index is 262. The van der Waals surface area contributed by atoms with Crippen molar-refractivity contribution in [3.05, 3.63) is 18.7 Å². The first-order chi connectivity index (χ1) is 6.31. The molecule has 0 saturated carbocycles. The summed E-state index contributed by atoms with van der Waals surface area (Å²) < 4.78 is 7.17. The van der Waals surface area contributed by atoms with Crippen LogP contribution in [-0.2, 0) is 4.74 Å². The van der Waals surface area contributed by atoms with E-state index in [1.165, 1.54) is 0 Å². The third kappa shape index (κ3) is 1.58. The van der Waals surface area contributed by atoms with Crippen LogP contribution in [0.3, 0.4) is 0 Å². The first-order valence-electron chi connectivity index (χ1n) is 4.23. The van der Waals surface area contributed by atoms with Gasteiger partial charge in [0.05, 0.1) is 19.0 Å². The summed E-state index contributed by atoms with van der Waals surface area (Å²) in [4.78, 5) is 3.88. The zero-order valence-corrected chi connectivity index (χ0v) is 7.08. The molecule has 0 unspecified atom stereocenters. The van der Waals surface area contributed by atoms with Crippen molar-refractivity contribution >= 4 is 0 Å². The van der Waals surface area contributed by atoms with Gasteiger partial charge in [-0.3, -0.25) is 0 Å². The smallest absolute Gasteiger partial charge is 0.137 e. The first-order valence-corrected chi connectivity index (χ1v) is 4.23. The molecule has 0 radical (unpaired) electrons. The minimum atomic E-state index is -0.586. The molecule has 0 spiro atoms. The van der Waals surface area contributed by atoms with E-state index in [9.17, 15) is 5.11 Å². The van der Waals surface area contributed by atoms with E-state index >= 15 is 0 Å². The fourth-order valence-electron chi connectivity index (χ4n) is 1.50. The van der Waals surface area contributed by atoms with E-state index in [4.69, 9.17) is 9.84 Å². The summed E-state index contributed by atoms with van der Waals surface area (Å²) in [5, 5.41) is 18.3. The molecule has 72 valence electrons. The Labute approximate surface area is 75.6 Å². The minimum absolute atomic E-state index is 0.146. The van der Waals surface area contributed by atoms with E-state index in [1.807, 2.05) is 0 Å². The third-order valence-corrected chi connectivity index (χ3v) is 2.24. The van der Waals surface area contributed by atoms with Crippen LogP contribution in [0.1, 0.15) is 12.6 Å². The number of imidazole rings is 1. The molecule has 2 heterocycles. The average molecular weight is 184 g/mol. The zero-order chi connectivity index (χ0) is 9.26. The standard InChI is InChI=1S/C8H12N2O3/c11-4-7-6(12)3-8(13-7)10-2-1-9-5-10/h1-2,5-8,11-12H,3-4H2/t6-,7+,8+/m0/s1. The molecule has 1 fully saturated rings. The van der Waals surface area contributed by atoms with Gasteiger partial charge in [-0.15, -0.1) is 0 Å². The Hall–Kier alpha value is -0.910. The number of aliphatic hydroxyl groups excluding tert-OH is 2. The molecule has 1 aliphatic heterocycles. The lowest BCUT2D eigenvalue weighted by Gasteiger charge is -2.12.